The second kappa shape index (κ2) is 8.46. The number of nitrogens with one attached hydrogen (secondary N) is 1. The summed E-state index contributed by atoms with van der Waals surface area (Å²) >= 11 is 0. The fourth-order valence-electron chi connectivity index (χ4n) is 3.18. The van der Waals surface area contributed by atoms with Crippen LogP contribution >= 0.6 is 0 Å². The van der Waals surface area contributed by atoms with E-state index in [2.05, 4.69) is 36.1 Å². The van der Waals surface area contributed by atoms with Gasteiger partial charge < -0.3 is 5.32 Å². The van der Waals surface area contributed by atoms with Gasteiger partial charge in [-0.1, -0.05) is 33.1 Å². The Hall–Kier alpha value is -0.830. The number of rotatable bonds is 8. The average molecular weight is 277 g/mol. The molecule has 0 radical (unpaired) electrons. The van der Waals surface area contributed by atoms with Gasteiger partial charge in [-0.3, -0.25) is 4.68 Å². The fraction of sp³-hybridized carbons (Fsp3) is 0.824. The van der Waals surface area contributed by atoms with Gasteiger partial charge in [0.15, 0.2) is 0 Å². The molecule has 3 heteroatoms. The lowest BCUT2D eigenvalue weighted by molar-refractivity contribution is 0.327. The first-order valence-corrected chi connectivity index (χ1v) is 8.61. The van der Waals surface area contributed by atoms with Gasteiger partial charge in [0.05, 0.1) is 11.7 Å². The van der Waals surface area contributed by atoms with Gasteiger partial charge in [-0.05, 0) is 51.1 Å². The van der Waals surface area contributed by atoms with Crippen molar-refractivity contribution in [2.75, 3.05) is 6.54 Å². The lowest BCUT2D eigenvalue weighted by Crippen LogP contribution is -2.29. The molecule has 1 aromatic heterocycles. The van der Waals surface area contributed by atoms with Crippen LogP contribution in [0.15, 0.2) is 12.3 Å². The molecule has 1 aromatic rings. The summed E-state index contributed by atoms with van der Waals surface area (Å²) < 4.78 is 2.23. The molecule has 3 nitrogen and oxygen atoms in total. The summed E-state index contributed by atoms with van der Waals surface area (Å²) in [7, 11) is 0. The van der Waals surface area contributed by atoms with Crippen LogP contribution in [0, 0.1) is 0 Å². The van der Waals surface area contributed by atoms with Crippen LogP contribution in [0.3, 0.4) is 0 Å². The Morgan fingerprint density at radius 3 is 2.80 bits per heavy atom. The van der Waals surface area contributed by atoms with Crippen molar-refractivity contribution in [3.05, 3.63) is 18.0 Å². The van der Waals surface area contributed by atoms with Gasteiger partial charge in [-0.25, -0.2) is 0 Å². The van der Waals surface area contributed by atoms with E-state index in [9.17, 15) is 0 Å². The summed E-state index contributed by atoms with van der Waals surface area (Å²) in [6.45, 7) is 5.63. The van der Waals surface area contributed by atoms with Gasteiger partial charge in [-0.2, -0.15) is 5.10 Å². The molecule has 1 N–H and O–H groups in total. The van der Waals surface area contributed by atoms with Crippen molar-refractivity contribution in [2.45, 2.75) is 83.7 Å². The molecule has 114 valence electrons. The topological polar surface area (TPSA) is 29.9 Å². The molecular weight excluding hydrogens is 246 g/mol. The van der Waals surface area contributed by atoms with Crippen LogP contribution in [0.1, 0.15) is 76.9 Å². The molecule has 0 spiro atoms. The molecule has 1 heterocycles. The number of aromatic nitrogens is 2. The standard InChI is InChI=1S/C17H31N3/c1-3-13-18-15(4-2)10-11-16-12-14-20(19-16)17-8-6-5-7-9-17/h12,14-15,17-18H,3-11,13H2,1-2H3. The molecular formula is C17H31N3. The molecule has 2 rings (SSSR count). The average Bonchev–Trinajstić information content (AvgIpc) is 2.97. The van der Waals surface area contributed by atoms with Crippen molar-refractivity contribution in [3.8, 4) is 0 Å². The monoisotopic (exact) mass is 277 g/mol. The maximum atomic E-state index is 4.81. The van der Waals surface area contributed by atoms with Crippen LogP contribution in [-0.2, 0) is 6.42 Å². The second-order valence-electron chi connectivity index (χ2n) is 6.18. The van der Waals surface area contributed by atoms with Gasteiger partial charge in [0.25, 0.3) is 0 Å². The van der Waals surface area contributed by atoms with Crippen molar-refractivity contribution in [1.29, 1.82) is 0 Å². The normalized spacial score (nSPS) is 18.3. The molecule has 0 saturated heterocycles. The predicted molar refractivity (Wildman–Crippen MR) is 85.0 cm³/mol. The predicted octanol–water partition coefficient (Wildman–Crippen LogP) is 4.10. The Labute approximate surface area is 124 Å². The molecule has 1 unspecified atom stereocenters. The van der Waals surface area contributed by atoms with E-state index < -0.39 is 0 Å². The molecule has 0 aliphatic heterocycles. The van der Waals surface area contributed by atoms with Crippen molar-refractivity contribution >= 4 is 0 Å². The van der Waals surface area contributed by atoms with E-state index in [0.29, 0.717) is 12.1 Å². The van der Waals surface area contributed by atoms with Gasteiger partial charge in [0.1, 0.15) is 0 Å². The van der Waals surface area contributed by atoms with E-state index >= 15 is 0 Å². The molecule has 20 heavy (non-hydrogen) atoms. The highest BCUT2D eigenvalue weighted by atomic mass is 15.3. The first-order chi connectivity index (χ1) is 9.83. The van der Waals surface area contributed by atoms with Crippen molar-refractivity contribution in [3.63, 3.8) is 0 Å². The summed E-state index contributed by atoms with van der Waals surface area (Å²) in [4.78, 5) is 0. The zero-order chi connectivity index (χ0) is 14.2. The molecule has 1 aliphatic carbocycles. The van der Waals surface area contributed by atoms with Crippen molar-refractivity contribution < 1.29 is 0 Å². The summed E-state index contributed by atoms with van der Waals surface area (Å²) in [5, 5.41) is 8.43. The lowest BCUT2D eigenvalue weighted by Gasteiger charge is -2.21. The molecule has 0 aromatic carbocycles. The first kappa shape index (κ1) is 15.6. The Morgan fingerprint density at radius 2 is 2.10 bits per heavy atom. The third kappa shape index (κ3) is 4.62. The summed E-state index contributed by atoms with van der Waals surface area (Å²) in [6.07, 6.45) is 13.7. The fourth-order valence-corrected chi connectivity index (χ4v) is 3.18. The largest absolute Gasteiger partial charge is 0.314 e. The number of hydrogen-bond donors (Lipinski definition) is 1. The number of hydrogen-bond acceptors (Lipinski definition) is 2. The summed E-state index contributed by atoms with van der Waals surface area (Å²) in [6, 6.07) is 3.54. The van der Waals surface area contributed by atoms with Gasteiger partial charge in [0.2, 0.25) is 0 Å². The van der Waals surface area contributed by atoms with Gasteiger partial charge in [0, 0.05) is 12.2 Å². The Morgan fingerprint density at radius 1 is 1.30 bits per heavy atom. The highest BCUT2D eigenvalue weighted by Gasteiger charge is 2.16. The third-order valence-corrected chi connectivity index (χ3v) is 4.54. The molecule has 0 amide bonds. The van der Waals surface area contributed by atoms with Crippen LogP contribution in [0.4, 0.5) is 0 Å². The van der Waals surface area contributed by atoms with Crippen LogP contribution in [0.5, 0.6) is 0 Å². The molecule has 1 saturated carbocycles. The van der Waals surface area contributed by atoms with Crippen LogP contribution in [0.25, 0.3) is 0 Å². The molecule has 1 aliphatic rings. The zero-order valence-corrected chi connectivity index (χ0v) is 13.3. The van der Waals surface area contributed by atoms with Crippen LogP contribution in [-0.4, -0.2) is 22.4 Å². The van der Waals surface area contributed by atoms with Gasteiger partial charge in [-0.15, -0.1) is 0 Å². The van der Waals surface area contributed by atoms with Crippen molar-refractivity contribution in [1.82, 2.24) is 15.1 Å². The highest BCUT2D eigenvalue weighted by Crippen LogP contribution is 2.27. The quantitative estimate of drug-likeness (QED) is 0.775. The minimum Gasteiger partial charge on any atom is -0.314 e. The summed E-state index contributed by atoms with van der Waals surface area (Å²) in [5.74, 6) is 0. The van der Waals surface area contributed by atoms with E-state index in [1.165, 1.54) is 57.1 Å². The Balaban J connectivity index is 1.79. The molecule has 1 fully saturated rings. The Bertz CT molecular complexity index is 366. The first-order valence-electron chi connectivity index (χ1n) is 8.61. The SMILES string of the molecule is CCCNC(CC)CCc1ccn(C2CCCCC2)n1. The lowest BCUT2D eigenvalue weighted by atomic mass is 9.96. The van der Waals surface area contributed by atoms with Crippen molar-refractivity contribution in [2.24, 2.45) is 0 Å². The number of aryl methyl sites for hydroxylation is 1. The third-order valence-electron chi connectivity index (χ3n) is 4.54. The number of nitrogens with zero attached hydrogens (tertiary/aromatic N) is 2. The maximum absolute atomic E-state index is 4.81. The second-order valence-corrected chi connectivity index (χ2v) is 6.18. The zero-order valence-electron chi connectivity index (χ0n) is 13.3. The minimum absolute atomic E-state index is 0.648. The Kier molecular flexibility index (Phi) is 6.58. The maximum Gasteiger partial charge on any atom is 0.0625 e. The summed E-state index contributed by atoms with van der Waals surface area (Å²) in [5.41, 5.74) is 1.27. The van der Waals surface area contributed by atoms with Gasteiger partial charge >= 0.3 is 0 Å². The van der Waals surface area contributed by atoms with E-state index in [0.717, 1.165) is 13.0 Å². The molecule has 0 bridgehead atoms. The van der Waals surface area contributed by atoms with Crippen LogP contribution in [0.2, 0.25) is 0 Å². The molecule has 1 atom stereocenters. The highest BCUT2D eigenvalue weighted by molar-refractivity contribution is 5.00. The van der Waals surface area contributed by atoms with E-state index in [-0.39, 0.29) is 0 Å². The minimum atomic E-state index is 0.648. The van der Waals surface area contributed by atoms with E-state index in [1.54, 1.807) is 0 Å². The van der Waals surface area contributed by atoms with Crippen LogP contribution < -0.4 is 5.32 Å². The van der Waals surface area contributed by atoms with E-state index in [4.69, 9.17) is 5.10 Å². The smallest absolute Gasteiger partial charge is 0.0625 e. The van der Waals surface area contributed by atoms with E-state index in [1.807, 2.05) is 0 Å².